The Kier molecular flexibility index (Phi) is 7.03. The van der Waals surface area contributed by atoms with Crippen molar-refractivity contribution in [3.63, 3.8) is 0 Å². The molecule has 0 aliphatic carbocycles. The van der Waals surface area contributed by atoms with Gasteiger partial charge in [-0.3, -0.25) is 14.5 Å². The standard InChI is InChI=1S/C22H27N3O3/c23-21(26)15-25-12-10-18(11-13-25)22(27)24-14-19-8-4-5-9-20(19)28-16-17-6-2-1-3-7-17/h1-9,18H,10-16H2,(H2,23,26)(H,24,27). The molecule has 28 heavy (non-hydrogen) atoms. The summed E-state index contributed by atoms with van der Waals surface area (Å²) >= 11 is 0. The molecule has 1 saturated heterocycles. The molecule has 0 bridgehead atoms. The minimum atomic E-state index is -0.324. The average Bonchev–Trinajstić information content (AvgIpc) is 2.72. The van der Waals surface area contributed by atoms with Crippen LogP contribution in [0, 0.1) is 5.92 Å². The summed E-state index contributed by atoms with van der Waals surface area (Å²) in [5.74, 6) is 0.482. The van der Waals surface area contributed by atoms with Gasteiger partial charge in [-0.25, -0.2) is 0 Å². The molecule has 3 rings (SSSR count). The number of piperidine rings is 1. The number of carbonyl (C=O) groups is 2. The van der Waals surface area contributed by atoms with E-state index < -0.39 is 0 Å². The van der Waals surface area contributed by atoms with Crippen LogP contribution in [0.15, 0.2) is 54.6 Å². The zero-order chi connectivity index (χ0) is 19.8. The van der Waals surface area contributed by atoms with Crippen molar-refractivity contribution in [3.05, 3.63) is 65.7 Å². The van der Waals surface area contributed by atoms with Crippen LogP contribution in [0.3, 0.4) is 0 Å². The van der Waals surface area contributed by atoms with Crippen LogP contribution in [-0.4, -0.2) is 36.3 Å². The second-order valence-electron chi connectivity index (χ2n) is 7.12. The molecule has 2 aromatic rings. The van der Waals surface area contributed by atoms with Gasteiger partial charge in [-0.2, -0.15) is 0 Å². The Bertz CT molecular complexity index is 787. The Balaban J connectivity index is 1.49. The van der Waals surface area contributed by atoms with Crippen LogP contribution in [-0.2, 0) is 22.7 Å². The number of carbonyl (C=O) groups excluding carboxylic acids is 2. The first-order valence-corrected chi connectivity index (χ1v) is 9.65. The van der Waals surface area contributed by atoms with Gasteiger partial charge in [-0.15, -0.1) is 0 Å². The molecule has 0 unspecified atom stereocenters. The fraction of sp³-hybridized carbons (Fsp3) is 0.364. The highest BCUT2D eigenvalue weighted by Crippen LogP contribution is 2.21. The molecule has 1 aliphatic heterocycles. The van der Waals surface area contributed by atoms with Gasteiger partial charge in [0.2, 0.25) is 11.8 Å². The number of para-hydroxylation sites is 1. The van der Waals surface area contributed by atoms with Crippen LogP contribution in [0.25, 0.3) is 0 Å². The first kappa shape index (κ1) is 19.9. The first-order chi connectivity index (χ1) is 13.6. The fourth-order valence-corrected chi connectivity index (χ4v) is 3.43. The van der Waals surface area contributed by atoms with E-state index in [4.69, 9.17) is 10.5 Å². The smallest absolute Gasteiger partial charge is 0.231 e. The topological polar surface area (TPSA) is 84.7 Å². The number of amides is 2. The van der Waals surface area contributed by atoms with Gasteiger partial charge >= 0.3 is 0 Å². The number of likely N-dealkylation sites (tertiary alicyclic amines) is 1. The maximum absolute atomic E-state index is 12.5. The van der Waals surface area contributed by atoms with Crippen molar-refractivity contribution in [3.8, 4) is 5.75 Å². The van der Waals surface area contributed by atoms with Crippen LogP contribution in [0.5, 0.6) is 5.75 Å². The van der Waals surface area contributed by atoms with Crippen molar-refractivity contribution in [1.29, 1.82) is 0 Å². The first-order valence-electron chi connectivity index (χ1n) is 9.65. The van der Waals surface area contributed by atoms with Gasteiger partial charge in [0.1, 0.15) is 12.4 Å². The lowest BCUT2D eigenvalue weighted by Gasteiger charge is -2.30. The molecule has 0 saturated carbocycles. The molecule has 0 atom stereocenters. The van der Waals surface area contributed by atoms with Crippen molar-refractivity contribution in [2.45, 2.75) is 26.0 Å². The normalized spacial score (nSPS) is 15.1. The zero-order valence-corrected chi connectivity index (χ0v) is 16.0. The second kappa shape index (κ2) is 9.90. The molecule has 3 N–H and O–H groups in total. The van der Waals surface area contributed by atoms with Gasteiger partial charge in [0.25, 0.3) is 0 Å². The van der Waals surface area contributed by atoms with Crippen LogP contribution in [0.1, 0.15) is 24.0 Å². The molecular weight excluding hydrogens is 354 g/mol. The van der Waals surface area contributed by atoms with E-state index in [2.05, 4.69) is 5.32 Å². The van der Waals surface area contributed by atoms with Crippen LogP contribution >= 0.6 is 0 Å². The molecule has 2 aromatic carbocycles. The Morgan fingerprint density at radius 1 is 1.04 bits per heavy atom. The third kappa shape index (κ3) is 5.82. The van der Waals surface area contributed by atoms with E-state index in [0.29, 0.717) is 13.2 Å². The van der Waals surface area contributed by atoms with E-state index >= 15 is 0 Å². The number of nitrogens with two attached hydrogens (primary N) is 1. The van der Waals surface area contributed by atoms with Crippen molar-refractivity contribution < 1.29 is 14.3 Å². The summed E-state index contributed by atoms with van der Waals surface area (Å²) in [4.78, 5) is 25.5. The molecule has 1 heterocycles. The lowest BCUT2D eigenvalue weighted by atomic mass is 9.96. The fourth-order valence-electron chi connectivity index (χ4n) is 3.43. The molecule has 2 amide bonds. The van der Waals surface area contributed by atoms with E-state index in [0.717, 1.165) is 42.8 Å². The monoisotopic (exact) mass is 381 g/mol. The van der Waals surface area contributed by atoms with Crippen molar-refractivity contribution in [2.24, 2.45) is 11.7 Å². The lowest BCUT2D eigenvalue weighted by Crippen LogP contribution is -2.43. The van der Waals surface area contributed by atoms with E-state index in [-0.39, 0.29) is 24.3 Å². The summed E-state index contributed by atoms with van der Waals surface area (Å²) in [6, 6.07) is 17.8. The predicted octanol–water partition coefficient (Wildman–Crippen LogP) is 2.08. The van der Waals surface area contributed by atoms with Crippen molar-refractivity contribution in [2.75, 3.05) is 19.6 Å². The van der Waals surface area contributed by atoms with Crippen LogP contribution < -0.4 is 15.8 Å². The highest BCUT2D eigenvalue weighted by Gasteiger charge is 2.25. The highest BCUT2D eigenvalue weighted by atomic mass is 16.5. The van der Waals surface area contributed by atoms with Gasteiger partial charge in [0.05, 0.1) is 6.54 Å². The van der Waals surface area contributed by atoms with Gasteiger partial charge in [-0.05, 0) is 37.6 Å². The summed E-state index contributed by atoms with van der Waals surface area (Å²) in [5, 5.41) is 3.03. The molecular formula is C22H27N3O3. The quantitative estimate of drug-likeness (QED) is 0.733. The molecule has 6 heteroatoms. The number of ether oxygens (including phenoxy) is 1. The summed E-state index contributed by atoms with van der Waals surface area (Å²) < 4.78 is 5.95. The third-order valence-electron chi connectivity index (χ3n) is 5.00. The number of hydrogen-bond donors (Lipinski definition) is 2. The molecule has 1 aliphatic rings. The summed E-state index contributed by atoms with van der Waals surface area (Å²) in [6.07, 6.45) is 1.48. The van der Waals surface area contributed by atoms with Crippen LogP contribution in [0.2, 0.25) is 0 Å². The molecule has 0 spiro atoms. The highest BCUT2D eigenvalue weighted by molar-refractivity contribution is 5.79. The Morgan fingerprint density at radius 2 is 1.71 bits per heavy atom. The van der Waals surface area contributed by atoms with Gasteiger partial charge in [0, 0.05) is 18.0 Å². The maximum Gasteiger partial charge on any atom is 0.231 e. The number of primary amides is 1. The number of rotatable bonds is 8. The second-order valence-corrected chi connectivity index (χ2v) is 7.12. The van der Waals surface area contributed by atoms with Gasteiger partial charge in [-0.1, -0.05) is 48.5 Å². The Labute approximate surface area is 165 Å². The Morgan fingerprint density at radius 3 is 2.43 bits per heavy atom. The SMILES string of the molecule is NC(=O)CN1CCC(C(=O)NCc2ccccc2OCc2ccccc2)CC1. The van der Waals surface area contributed by atoms with E-state index in [9.17, 15) is 9.59 Å². The maximum atomic E-state index is 12.5. The largest absolute Gasteiger partial charge is 0.489 e. The minimum Gasteiger partial charge on any atom is -0.489 e. The molecule has 0 aromatic heterocycles. The summed E-state index contributed by atoms with van der Waals surface area (Å²) in [7, 11) is 0. The van der Waals surface area contributed by atoms with Crippen LogP contribution in [0.4, 0.5) is 0 Å². The van der Waals surface area contributed by atoms with E-state index in [1.54, 1.807) is 0 Å². The van der Waals surface area contributed by atoms with E-state index in [1.165, 1.54) is 0 Å². The van der Waals surface area contributed by atoms with Crippen molar-refractivity contribution >= 4 is 11.8 Å². The number of nitrogens with zero attached hydrogens (tertiary/aromatic N) is 1. The zero-order valence-electron chi connectivity index (χ0n) is 16.0. The third-order valence-corrected chi connectivity index (χ3v) is 5.00. The summed E-state index contributed by atoms with van der Waals surface area (Å²) in [5.41, 5.74) is 7.29. The van der Waals surface area contributed by atoms with Gasteiger partial charge in [0.15, 0.2) is 0 Å². The molecule has 0 radical (unpaired) electrons. The lowest BCUT2D eigenvalue weighted by molar-refractivity contribution is -0.126. The number of nitrogens with one attached hydrogen (secondary N) is 1. The average molecular weight is 381 g/mol. The number of benzene rings is 2. The van der Waals surface area contributed by atoms with Crippen molar-refractivity contribution in [1.82, 2.24) is 10.2 Å². The predicted molar refractivity (Wildman–Crippen MR) is 107 cm³/mol. The molecule has 148 valence electrons. The number of hydrogen-bond acceptors (Lipinski definition) is 4. The minimum absolute atomic E-state index is 0.0264. The molecule has 1 fully saturated rings. The Hall–Kier alpha value is -2.86. The van der Waals surface area contributed by atoms with Gasteiger partial charge < -0.3 is 15.8 Å². The van der Waals surface area contributed by atoms with E-state index in [1.807, 2.05) is 59.5 Å². The summed E-state index contributed by atoms with van der Waals surface area (Å²) in [6.45, 7) is 2.63. The molecule has 6 nitrogen and oxygen atoms in total.